The molecule has 38 heavy (non-hydrogen) atoms. The van der Waals surface area contributed by atoms with Crippen molar-refractivity contribution >= 4 is 40.0 Å². The van der Waals surface area contributed by atoms with Gasteiger partial charge in [0.25, 0.3) is 0 Å². The Kier molecular flexibility index (Phi) is 9.08. The largest absolute Gasteiger partial charge is 0.497 e. The van der Waals surface area contributed by atoms with E-state index in [2.05, 4.69) is 21.7 Å². The molecule has 1 amide bonds. The monoisotopic (exact) mass is 559 g/mol. The van der Waals surface area contributed by atoms with Crippen LogP contribution in [0.4, 0.5) is 4.39 Å². The van der Waals surface area contributed by atoms with Crippen LogP contribution in [0.1, 0.15) is 42.9 Å². The summed E-state index contributed by atoms with van der Waals surface area (Å²) in [7, 11) is 1.56. The second kappa shape index (κ2) is 12.3. The Labute approximate surface area is 230 Å². The fraction of sp³-hybridized carbons (Fsp3) is 0.357. The van der Waals surface area contributed by atoms with Gasteiger partial charge in [-0.15, -0.1) is 0 Å². The van der Waals surface area contributed by atoms with Gasteiger partial charge in [-0.1, -0.05) is 35.0 Å². The number of aliphatic hydroxyl groups excluding tert-OH is 1. The normalized spacial score (nSPS) is 15.9. The molecule has 0 bridgehead atoms. The second-order valence-corrected chi connectivity index (χ2v) is 10.2. The summed E-state index contributed by atoms with van der Waals surface area (Å²) in [4.78, 5) is 19.2. The predicted molar refractivity (Wildman–Crippen MR) is 144 cm³/mol. The first-order valence-electron chi connectivity index (χ1n) is 12.2. The van der Waals surface area contributed by atoms with Gasteiger partial charge >= 0.3 is 0 Å². The van der Waals surface area contributed by atoms with Crippen molar-refractivity contribution in [1.29, 1.82) is 0 Å². The van der Waals surface area contributed by atoms with Gasteiger partial charge < -0.3 is 9.84 Å². The molecular weight excluding hydrogens is 532 g/mol. The van der Waals surface area contributed by atoms with Gasteiger partial charge in [-0.2, -0.15) is 0 Å². The van der Waals surface area contributed by atoms with Crippen molar-refractivity contribution < 1.29 is 24.2 Å². The molecule has 1 fully saturated rings. The number of carbonyl (C=O) groups is 1. The lowest BCUT2D eigenvalue weighted by atomic mass is 9.73. The molecule has 10 heteroatoms. The molecule has 1 aliphatic heterocycles. The molecule has 1 aliphatic rings. The van der Waals surface area contributed by atoms with E-state index in [4.69, 9.17) is 27.9 Å². The van der Waals surface area contributed by atoms with Crippen LogP contribution in [0.15, 0.2) is 42.6 Å². The van der Waals surface area contributed by atoms with Crippen molar-refractivity contribution in [3.05, 3.63) is 69.6 Å². The van der Waals surface area contributed by atoms with E-state index in [1.807, 2.05) is 5.48 Å². The molecule has 3 aromatic rings. The number of methoxy groups -OCH3 is 1. The fourth-order valence-electron chi connectivity index (χ4n) is 4.88. The first-order valence-corrected chi connectivity index (χ1v) is 12.9. The number of nitrogens with zero attached hydrogens (tertiary/aromatic N) is 2. The van der Waals surface area contributed by atoms with E-state index in [1.54, 1.807) is 31.4 Å². The van der Waals surface area contributed by atoms with Crippen molar-refractivity contribution in [3.63, 3.8) is 0 Å². The maximum absolute atomic E-state index is 14.0. The quantitative estimate of drug-likeness (QED) is 0.211. The number of carbonyl (C=O) groups excluding carboxylic acids is 1. The van der Waals surface area contributed by atoms with Gasteiger partial charge in [-0.3, -0.25) is 19.9 Å². The molecule has 7 nitrogen and oxygen atoms in total. The lowest BCUT2D eigenvalue weighted by Gasteiger charge is -2.40. The van der Waals surface area contributed by atoms with Crippen molar-refractivity contribution in [2.45, 2.75) is 31.8 Å². The van der Waals surface area contributed by atoms with Gasteiger partial charge in [-0.05, 0) is 62.1 Å². The molecule has 0 saturated carbocycles. The number of amides is 1. The minimum Gasteiger partial charge on any atom is -0.497 e. The van der Waals surface area contributed by atoms with Crippen molar-refractivity contribution in [2.24, 2.45) is 5.41 Å². The highest BCUT2D eigenvalue weighted by Gasteiger charge is 2.41. The molecule has 0 unspecified atom stereocenters. The Morgan fingerprint density at radius 1 is 1.26 bits per heavy atom. The number of hydrogen-bond donors (Lipinski definition) is 3. The highest BCUT2D eigenvalue weighted by molar-refractivity contribution is 6.32. The van der Waals surface area contributed by atoms with Crippen molar-refractivity contribution in [3.8, 4) is 17.6 Å². The van der Waals surface area contributed by atoms with Crippen LogP contribution in [0.2, 0.25) is 10.0 Å². The van der Waals surface area contributed by atoms with Gasteiger partial charge in [0.2, 0.25) is 5.91 Å². The molecule has 2 aromatic carbocycles. The number of ether oxygens (including phenoxy) is 1. The Bertz CT molecular complexity index is 1380. The molecule has 0 radical (unpaired) electrons. The zero-order chi connectivity index (χ0) is 27.3. The smallest absolute Gasteiger partial charge is 0.249 e. The molecule has 1 atom stereocenters. The second-order valence-electron chi connectivity index (χ2n) is 9.38. The topological polar surface area (TPSA) is 94.9 Å². The number of pyridine rings is 1. The minimum absolute atomic E-state index is 0.249. The Balaban J connectivity index is 1.44. The molecule has 2 heterocycles. The molecule has 4 rings (SSSR count). The molecule has 0 aliphatic carbocycles. The number of hydroxylamine groups is 1. The Hall–Kier alpha value is -2.93. The molecule has 200 valence electrons. The SMILES string of the molecule is COc1ccc2ncc(Cl)c([C@H](O)CCC3(C(=O)NO)CCN(CC#Cc4ccc(Cl)cc4F)CC3)c2c1. The van der Waals surface area contributed by atoms with Crippen LogP contribution in [0.5, 0.6) is 5.75 Å². The number of piperidine rings is 1. The molecule has 1 saturated heterocycles. The van der Waals surface area contributed by atoms with Crippen LogP contribution in [0.25, 0.3) is 10.9 Å². The van der Waals surface area contributed by atoms with E-state index in [0.29, 0.717) is 71.2 Å². The van der Waals surface area contributed by atoms with Crippen LogP contribution in [0, 0.1) is 23.1 Å². The van der Waals surface area contributed by atoms with Crippen LogP contribution < -0.4 is 10.2 Å². The summed E-state index contributed by atoms with van der Waals surface area (Å²) >= 11 is 12.2. The van der Waals surface area contributed by atoms with Gasteiger partial charge in [0.1, 0.15) is 11.6 Å². The van der Waals surface area contributed by atoms with Gasteiger partial charge in [0.15, 0.2) is 0 Å². The maximum atomic E-state index is 14.0. The minimum atomic E-state index is -0.957. The van der Waals surface area contributed by atoms with E-state index in [1.165, 1.54) is 18.3 Å². The number of benzene rings is 2. The molecule has 0 spiro atoms. The van der Waals surface area contributed by atoms with Crippen LogP contribution >= 0.6 is 23.2 Å². The summed E-state index contributed by atoms with van der Waals surface area (Å²) in [6.07, 6.45) is 2.05. The maximum Gasteiger partial charge on any atom is 0.249 e. The van der Waals surface area contributed by atoms with Crippen LogP contribution in [-0.4, -0.2) is 52.8 Å². The molecular formula is C28H28Cl2FN3O4. The number of halogens is 3. The van der Waals surface area contributed by atoms with Crippen molar-refractivity contribution in [1.82, 2.24) is 15.4 Å². The highest BCUT2D eigenvalue weighted by atomic mass is 35.5. The fourth-order valence-corrected chi connectivity index (χ4v) is 5.31. The van der Waals surface area contributed by atoms with E-state index < -0.39 is 23.2 Å². The molecule has 3 N–H and O–H groups in total. The van der Waals surface area contributed by atoms with Gasteiger partial charge in [-0.25, -0.2) is 9.87 Å². The number of fused-ring (bicyclic) bond motifs is 1. The van der Waals surface area contributed by atoms with E-state index in [9.17, 15) is 19.5 Å². The lowest BCUT2D eigenvalue weighted by Crippen LogP contribution is -2.48. The average molecular weight is 560 g/mol. The van der Waals surface area contributed by atoms with Crippen molar-refractivity contribution in [2.75, 3.05) is 26.7 Å². The number of aromatic nitrogens is 1. The van der Waals surface area contributed by atoms with Gasteiger partial charge in [0, 0.05) is 35.3 Å². The average Bonchev–Trinajstić information content (AvgIpc) is 2.92. The summed E-state index contributed by atoms with van der Waals surface area (Å²) in [6, 6.07) is 9.70. The van der Waals surface area contributed by atoms with E-state index in [-0.39, 0.29) is 12.0 Å². The summed E-state index contributed by atoms with van der Waals surface area (Å²) in [5, 5.41) is 21.9. The van der Waals surface area contributed by atoms with Gasteiger partial charge in [0.05, 0.1) is 41.3 Å². The number of nitrogens with one attached hydrogen (secondary N) is 1. The first kappa shape index (κ1) is 28.1. The van der Waals surface area contributed by atoms with Crippen LogP contribution in [0.3, 0.4) is 0 Å². The highest BCUT2D eigenvalue weighted by Crippen LogP contribution is 2.41. The lowest BCUT2D eigenvalue weighted by molar-refractivity contribution is -0.143. The number of aliphatic hydroxyl groups is 1. The Morgan fingerprint density at radius 3 is 2.71 bits per heavy atom. The zero-order valence-corrected chi connectivity index (χ0v) is 22.3. The molecule has 1 aromatic heterocycles. The summed E-state index contributed by atoms with van der Waals surface area (Å²) in [5.41, 5.74) is 2.41. The first-order chi connectivity index (χ1) is 18.3. The predicted octanol–water partition coefficient (Wildman–Crippen LogP) is 5.14. The third-order valence-corrected chi connectivity index (χ3v) is 7.69. The summed E-state index contributed by atoms with van der Waals surface area (Å²) in [5.74, 6) is 5.46. The number of likely N-dealkylation sites (tertiary alicyclic amines) is 1. The summed E-state index contributed by atoms with van der Waals surface area (Å²) in [6.45, 7) is 1.51. The summed E-state index contributed by atoms with van der Waals surface area (Å²) < 4.78 is 19.3. The zero-order valence-electron chi connectivity index (χ0n) is 20.8. The Morgan fingerprint density at radius 2 is 2.03 bits per heavy atom. The third kappa shape index (κ3) is 6.20. The number of rotatable bonds is 7. The van der Waals surface area contributed by atoms with E-state index in [0.717, 1.165) is 0 Å². The third-order valence-electron chi connectivity index (χ3n) is 7.15. The van der Waals surface area contributed by atoms with Crippen LogP contribution in [-0.2, 0) is 4.79 Å². The number of hydrogen-bond acceptors (Lipinski definition) is 6. The standard InChI is InChI=1S/C28H28Cl2FN3O4/c1-38-20-6-7-24-21(16-20)26(22(30)17-32-24)25(35)8-9-28(27(36)33-37)10-13-34(14-11-28)12-2-3-18-4-5-19(29)15-23(18)31/h4-7,15-17,25,35,37H,8-14H2,1H3,(H,33,36)/t25-/m1/s1. The van der Waals surface area contributed by atoms with E-state index >= 15 is 0 Å².